The molecule has 140 valence electrons. The number of halogens is 1. The van der Waals surface area contributed by atoms with E-state index in [4.69, 9.17) is 0 Å². The van der Waals surface area contributed by atoms with Gasteiger partial charge in [0.25, 0.3) is 11.8 Å². The molecule has 26 heavy (non-hydrogen) atoms. The molecule has 2 aliphatic heterocycles. The van der Waals surface area contributed by atoms with Gasteiger partial charge in [-0.25, -0.2) is 9.18 Å². The Labute approximate surface area is 150 Å². The summed E-state index contributed by atoms with van der Waals surface area (Å²) in [4.78, 5) is 40.2. The van der Waals surface area contributed by atoms with Gasteiger partial charge in [0.15, 0.2) is 11.6 Å². The largest absolute Gasteiger partial charge is 0.504 e. The predicted octanol–water partition coefficient (Wildman–Crippen LogP) is 1.71. The monoisotopic (exact) mass is 363 g/mol. The van der Waals surface area contributed by atoms with Gasteiger partial charge >= 0.3 is 6.03 Å². The van der Waals surface area contributed by atoms with Crippen LogP contribution in [0.2, 0.25) is 0 Å². The van der Waals surface area contributed by atoms with Crippen LogP contribution in [0, 0.1) is 11.7 Å². The summed E-state index contributed by atoms with van der Waals surface area (Å²) in [6, 6.07) is 3.41. The number of carbonyl (C=O) groups excluding carboxylic acids is 3. The van der Waals surface area contributed by atoms with Crippen LogP contribution in [0.5, 0.6) is 5.75 Å². The maximum absolute atomic E-state index is 13.5. The molecule has 2 fully saturated rings. The Morgan fingerprint density at radius 3 is 2.58 bits per heavy atom. The molecule has 1 aromatic rings. The SMILES string of the molecule is CC(C)CN1C(=O)NC(=O)C12CCN(C(=O)c1cccc(F)c1O)CC2. The van der Waals surface area contributed by atoms with Crippen LogP contribution in [0.1, 0.15) is 37.0 Å². The molecule has 3 rings (SSSR count). The minimum Gasteiger partial charge on any atom is -0.504 e. The van der Waals surface area contributed by atoms with Crippen molar-refractivity contribution in [3.05, 3.63) is 29.6 Å². The number of aromatic hydroxyl groups is 1. The van der Waals surface area contributed by atoms with Crippen molar-refractivity contribution in [2.45, 2.75) is 32.2 Å². The standard InChI is InChI=1S/C18H22FN3O4/c1-11(2)10-22-17(26)20-16(25)18(22)6-8-21(9-7-18)15(24)12-4-3-5-13(19)14(12)23/h3-5,11,23H,6-10H2,1-2H3,(H,20,25,26). The second kappa shape index (κ2) is 6.59. The Kier molecular flexibility index (Phi) is 4.60. The number of para-hydroxylation sites is 1. The average molecular weight is 363 g/mol. The van der Waals surface area contributed by atoms with Crippen LogP contribution < -0.4 is 5.32 Å². The first-order valence-electron chi connectivity index (χ1n) is 8.66. The number of phenols is 1. The first-order valence-corrected chi connectivity index (χ1v) is 8.66. The molecule has 0 unspecified atom stereocenters. The second-order valence-electron chi connectivity index (χ2n) is 7.22. The zero-order chi connectivity index (χ0) is 19.1. The van der Waals surface area contributed by atoms with Crippen molar-refractivity contribution in [3.63, 3.8) is 0 Å². The smallest absolute Gasteiger partial charge is 0.325 e. The number of phenolic OH excluding ortho intramolecular Hbond substituents is 1. The van der Waals surface area contributed by atoms with Crippen LogP contribution in [-0.4, -0.2) is 57.9 Å². The van der Waals surface area contributed by atoms with Crippen molar-refractivity contribution in [2.24, 2.45) is 5.92 Å². The first kappa shape index (κ1) is 18.2. The van der Waals surface area contributed by atoms with Gasteiger partial charge in [0.2, 0.25) is 0 Å². The molecular weight excluding hydrogens is 341 g/mol. The Bertz CT molecular complexity index is 757. The van der Waals surface area contributed by atoms with E-state index in [1.165, 1.54) is 17.0 Å². The number of nitrogens with one attached hydrogen (secondary N) is 1. The van der Waals surface area contributed by atoms with Crippen molar-refractivity contribution < 1.29 is 23.9 Å². The van der Waals surface area contributed by atoms with Crippen LogP contribution in [0.4, 0.5) is 9.18 Å². The summed E-state index contributed by atoms with van der Waals surface area (Å²) in [5, 5.41) is 12.2. The third kappa shape index (κ3) is 2.89. The van der Waals surface area contributed by atoms with Crippen LogP contribution in [0.25, 0.3) is 0 Å². The van der Waals surface area contributed by atoms with Gasteiger partial charge < -0.3 is 14.9 Å². The van der Waals surface area contributed by atoms with Gasteiger partial charge in [-0.15, -0.1) is 0 Å². The molecule has 1 aromatic carbocycles. The van der Waals surface area contributed by atoms with Crippen LogP contribution in [0.3, 0.4) is 0 Å². The number of hydrogen-bond acceptors (Lipinski definition) is 4. The number of likely N-dealkylation sites (tertiary alicyclic amines) is 1. The molecule has 7 nitrogen and oxygen atoms in total. The van der Waals surface area contributed by atoms with Gasteiger partial charge in [-0.3, -0.25) is 14.9 Å². The highest BCUT2D eigenvalue weighted by atomic mass is 19.1. The summed E-state index contributed by atoms with van der Waals surface area (Å²) in [6.07, 6.45) is 0.609. The van der Waals surface area contributed by atoms with Gasteiger partial charge in [0, 0.05) is 19.6 Å². The highest BCUT2D eigenvalue weighted by Crippen LogP contribution is 2.35. The van der Waals surface area contributed by atoms with Crippen LogP contribution in [-0.2, 0) is 4.79 Å². The van der Waals surface area contributed by atoms with E-state index in [0.717, 1.165) is 6.07 Å². The Morgan fingerprint density at radius 2 is 1.96 bits per heavy atom. The molecule has 8 heteroatoms. The molecule has 2 aliphatic rings. The lowest BCUT2D eigenvalue weighted by atomic mass is 9.85. The molecule has 0 saturated carbocycles. The van der Waals surface area contributed by atoms with Gasteiger partial charge in [-0.05, 0) is 30.9 Å². The van der Waals surface area contributed by atoms with E-state index in [1.807, 2.05) is 13.8 Å². The number of benzene rings is 1. The third-order valence-electron chi connectivity index (χ3n) is 5.05. The zero-order valence-electron chi connectivity index (χ0n) is 14.8. The second-order valence-corrected chi connectivity index (χ2v) is 7.22. The Balaban J connectivity index is 1.77. The normalized spacial score (nSPS) is 19.4. The highest BCUT2D eigenvalue weighted by Gasteiger charge is 2.54. The molecule has 2 heterocycles. The van der Waals surface area contributed by atoms with Crippen molar-refractivity contribution in [3.8, 4) is 5.75 Å². The van der Waals surface area contributed by atoms with E-state index < -0.39 is 29.0 Å². The van der Waals surface area contributed by atoms with Crippen molar-refractivity contribution in [1.29, 1.82) is 0 Å². The summed E-state index contributed by atoms with van der Waals surface area (Å²) in [6.45, 7) is 4.87. The molecule has 2 N–H and O–H groups in total. The lowest BCUT2D eigenvalue weighted by Crippen LogP contribution is -2.58. The number of rotatable bonds is 3. The van der Waals surface area contributed by atoms with E-state index in [1.54, 1.807) is 4.90 Å². The van der Waals surface area contributed by atoms with Gasteiger partial charge in [-0.2, -0.15) is 0 Å². The van der Waals surface area contributed by atoms with E-state index in [-0.39, 0.29) is 30.5 Å². The fourth-order valence-electron chi connectivity index (χ4n) is 3.66. The summed E-state index contributed by atoms with van der Waals surface area (Å²) in [5.41, 5.74) is -1.05. The molecule has 0 atom stereocenters. The topological polar surface area (TPSA) is 90.0 Å². The van der Waals surface area contributed by atoms with Crippen LogP contribution >= 0.6 is 0 Å². The molecule has 0 radical (unpaired) electrons. The summed E-state index contributed by atoms with van der Waals surface area (Å²) < 4.78 is 13.5. The fourth-order valence-corrected chi connectivity index (χ4v) is 3.66. The van der Waals surface area contributed by atoms with Gasteiger partial charge in [0.05, 0.1) is 5.56 Å². The molecular formula is C18H22FN3O4. The molecule has 0 aromatic heterocycles. The molecule has 4 amide bonds. The number of urea groups is 1. The Hall–Kier alpha value is -2.64. The van der Waals surface area contributed by atoms with Gasteiger partial charge in [-0.1, -0.05) is 19.9 Å². The third-order valence-corrected chi connectivity index (χ3v) is 5.05. The molecule has 0 bridgehead atoms. The average Bonchev–Trinajstić information content (AvgIpc) is 2.81. The minimum absolute atomic E-state index is 0.105. The first-order chi connectivity index (χ1) is 12.3. The molecule has 2 saturated heterocycles. The molecule has 0 aliphatic carbocycles. The maximum atomic E-state index is 13.5. The zero-order valence-corrected chi connectivity index (χ0v) is 14.8. The van der Waals surface area contributed by atoms with E-state index in [2.05, 4.69) is 5.32 Å². The summed E-state index contributed by atoms with van der Waals surface area (Å²) in [7, 11) is 0. The number of piperidine rings is 1. The highest BCUT2D eigenvalue weighted by molar-refractivity contribution is 6.07. The van der Waals surface area contributed by atoms with Crippen molar-refractivity contribution >= 4 is 17.8 Å². The van der Waals surface area contributed by atoms with Gasteiger partial charge in [0.1, 0.15) is 5.54 Å². The fraction of sp³-hybridized carbons (Fsp3) is 0.500. The van der Waals surface area contributed by atoms with E-state index in [0.29, 0.717) is 19.4 Å². The predicted molar refractivity (Wildman–Crippen MR) is 91.0 cm³/mol. The van der Waals surface area contributed by atoms with Crippen molar-refractivity contribution in [2.75, 3.05) is 19.6 Å². The number of hydrogen-bond donors (Lipinski definition) is 2. The summed E-state index contributed by atoms with van der Waals surface area (Å²) >= 11 is 0. The number of nitrogens with zero attached hydrogens (tertiary/aromatic N) is 2. The lowest BCUT2D eigenvalue weighted by Gasteiger charge is -2.42. The Morgan fingerprint density at radius 1 is 1.31 bits per heavy atom. The van der Waals surface area contributed by atoms with Crippen molar-refractivity contribution in [1.82, 2.24) is 15.1 Å². The number of imide groups is 1. The quantitative estimate of drug-likeness (QED) is 0.800. The lowest BCUT2D eigenvalue weighted by molar-refractivity contribution is -0.129. The number of carbonyl (C=O) groups is 3. The number of amides is 4. The maximum Gasteiger partial charge on any atom is 0.325 e. The van der Waals surface area contributed by atoms with E-state index in [9.17, 15) is 23.9 Å². The van der Waals surface area contributed by atoms with Crippen LogP contribution in [0.15, 0.2) is 18.2 Å². The van der Waals surface area contributed by atoms with E-state index >= 15 is 0 Å². The minimum atomic E-state index is -0.942. The molecule has 1 spiro atoms. The summed E-state index contributed by atoms with van der Waals surface area (Å²) in [5.74, 6) is -2.14.